The van der Waals surface area contributed by atoms with Crippen LogP contribution in [0, 0.1) is 6.92 Å². The van der Waals surface area contributed by atoms with E-state index < -0.39 is 0 Å². The molecule has 0 saturated heterocycles. The van der Waals surface area contributed by atoms with Crippen molar-refractivity contribution < 1.29 is 0 Å². The van der Waals surface area contributed by atoms with Gasteiger partial charge in [0.1, 0.15) is 0 Å². The van der Waals surface area contributed by atoms with Crippen LogP contribution in [0.25, 0.3) is 33.2 Å². The van der Waals surface area contributed by atoms with Crippen LogP contribution in [-0.2, 0) is 19.5 Å². The van der Waals surface area contributed by atoms with Gasteiger partial charge in [-0.05, 0) is 55.0 Å². The average Bonchev–Trinajstić information content (AvgIpc) is 2.84. The van der Waals surface area contributed by atoms with Gasteiger partial charge in [0.05, 0.1) is 16.7 Å². The van der Waals surface area contributed by atoms with E-state index in [-0.39, 0.29) is 0 Å². The summed E-state index contributed by atoms with van der Waals surface area (Å²) in [5, 5.41) is 2.48. The normalized spacial score (nSPS) is 14.0. The molecule has 0 bridgehead atoms. The SMILES string of the molecule is Cc1ccc2nc3ccccc3c(CN3CCc4nc(-c5ccc(N)cc5)ncc4C3)c2c1. The molecule has 2 N–H and O–H groups in total. The van der Waals surface area contributed by atoms with E-state index in [1.165, 1.54) is 27.5 Å². The number of para-hydroxylation sites is 1. The van der Waals surface area contributed by atoms with Crippen LogP contribution in [-0.4, -0.2) is 26.4 Å². The number of benzene rings is 3. The van der Waals surface area contributed by atoms with E-state index in [9.17, 15) is 0 Å². The summed E-state index contributed by atoms with van der Waals surface area (Å²) in [5.41, 5.74) is 14.6. The molecule has 1 aliphatic rings. The van der Waals surface area contributed by atoms with E-state index in [1.54, 1.807) is 0 Å². The third-order valence-electron chi connectivity index (χ3n) is 6.51. The fraction of sp³-hybridized carbons (Fsp3) is 0.179. The van der Waals surface area contributed by atoms with E-state index in [4.69, 9.17) is 15.7 Å². The largest absolute Gasteiger partial charge is 0.399 e. The van der Waals surface area contributed by atoms with Crippen LogP contribution in [0.4, 0.5) is 5.69 Å². The molecule has 0 amide bonds. The first-order valence-electron chi connectivity index (χ1n) is 11.3. The first-order valence-corrected chi connectivity index (χ1v) is 11.3. The first kappa shape index (κ1) is 19.8. The van der Waals surface area contributed by atoms with Crippen molar-refractivity contribution in [3.8, 4) is 11.4 Å². The van der Waals surface area contributed by atoms with Gasteiger partial charge in [-0.2, -0.15) is 0 Å². The summed E-state index contributed by atoms with van der Waals surface area (Å²) in [6.45, 7) is 4.84. The Hall–Kier alpha value is -3.83. The average molecular weight is 432 g/mol. The molecule has 0 spiro atoms. The van der Waals surface area contributed by atoms with Crippen LogP contribution < -0.4 is 5.73 Å². The molecule has 1 aliphatic heterocycles. The van der Waals surface area contributed by atoms with Gasteiger partial charge in [0.2, 0.25) is 0 Å². The van der Waals surface area contributed by atoms with E-state index in [1.807, 2.05) is 30.5 Å². The molecule has 162 valence electrons. The lowest BCUT2D eigenvalue weighted by Crippen LogP contribution is -2.31. The summed E-state index contributed by atoms with van der Waals surface area (Å²) in [4.78, 5) is 16.9. The van der Waals surface area contributed by atoms with Crippen molar-refractivity contribution in [2.75, 3.05) is 12.3 Å². The van der Waals surface area contributed by atoms with Gasteiger partial charge in [-0.3, -0.25) is 4.90 Å². The molecule has 0 aliphatic carbocycles. The number of aromatic nitrogens is 3. The number of hydrogen-bond acceptors (Lipinski definition) is 5. The zero-order valence-electron chi connectivity index (χ0n) is 18.6. The Kier molecular flexibility index (Phi) is 4.77. The number of nitrogens with zero attached hydrogens (tertiary/aromatic N) is 4. The van der Waals surface area contributed by atoms with Gasteiger partial charge in [-0.25, -0.2) is 15.0 Å². The highest BCUT2D eigenvalue weighted by molar-refractivity contribution is 5.97. The number of anilines is 1. The molecule has 0 saturated carbocycles. The fourth-order valence-electron chi connectivity index (χ4n) is 4.77. The Morgan fingerprint density at radius 1 is 0.909 bits per heavy atom. The molecule has 5 aromatic rings. The van der Waals surface area contributed by atoms with Crippen LogP contribution in [0.5, 0.6) is 0 Å². The van der Waals surface area contributed by atoms with Gasteiger partial charge >= 0.3 is 0 Å². The summed E-state index contributed by atoms with van der Waals surface area (Å²) in [5.74, 6) is 0.767. The molecule has 0 fully saturated rings. The number of nitrogen functional groups attached to an aromatic ring is 1. The highest BCUT2D eigenvalue weighted by Crippen LogP contribution is 2.30. The minimum absolute atomic E-state index is 0.749. The van der Waals surface area contributed by atoms with Crippen molar-refractivity contribution in [2.24, 2.45) is 0 Å². The van der Waals surface area contributed by atoms with E-state index >= 15 is 0 Å². The maximum Gasteiger partial charge on any atom is 0.159 e. The molecule has 3 heterocycles. The van der Waals surface area contributed by atoms with Crippen molar-refractivity contribution in [3.63, 3.8) is 0 Å². The third kappa shape index (κ3) is 3.70. The predicted molar refractivity (Wildman–Crippen MR) is 134 cm³/mol. The lowest BCUT2D eigenvalue weighted by Gasteiger charge is -2.29. The quantitative estimate of drug-likeness (QED) is 0.310. The summed E-state index contributed by atoms with van der Waals surface area (Å²) < 4.78 is 0. The molecule has 5 heteroatoms. The zero-order chi connectivity index (χ0) is 22.4. The Morgan fingerprint density at radius 3 is 2.61 bits per heavy atom. The molecule has 33 heavy (non-hydrogen) atoms. The van der Waals surface area contributed by atoms with Crippen molar-refractivity contribution in [1.82, 2.24) is 19.9 Å². The van der Waals surface area contributed by atoms with Crippen LogP contribution in [0.3, 0.4) is 0 Å². The van der Waals surface area contributed by atoms with Gasteiger partial charge in [0, 0.05) is 59.8 Å². The summed E-state index contributed by atoms with van der Waals surface area (Å²) in [7, 11) is 0. The fourth-order valence-corrected chi connectivity index (χ4v) is 4.77. The van der Waals surface area contributed by atoms with Crippen molar-refractivity contribution in [2.45, 2.75) is 26.4 Å². The number of rotatable bonds is 3. The molecule has 0 unspecified atom stereocenters. The minimum Gasteiger partial charge on any atom is -0.399 e. The number of nitrogens with two attached hydrogens (primary N) is 1. The van der Waals surface area contributed by atoms with Crippen molar-refractivity contribution >= 4 is 27.5 Å². The maximum absolute atomic E-state index is 5.82. The monoisotopic (exact) mass is 431 g/mol. The van der Waals surface area contributed by atoms with Gasteiger partial charge < -0.3 is 5.73 Å². The van der Waals surface area contributed by atoms with E-state index in [0.717, 1.165) is 59.9 Å². The van der Waals surface area contributed by atoms with Crippen LogP contribution >= 0.6 is 0 Å². The molecule has 2 aromatic heterocycles. The van der Waals surface area contributed by atoms with Crippen molar-refractivity contribution in [1.29, 1.82) is 0 Å². The number of fused-ring (bicyclic) bond motifs is 3. The number of pyridine rings is 1. The second-order valence-electron chi connectivity index (χ2n) is 8.88. The molecular formula is C28H25N5. The summed E-state index contributed by atoms with van der Waals surface area (Å²) in [6.07, 6.45) is 2.91. The molecule has 6 rings (SSSR count). The maximum atomic E-state index is 5.82. The molecular weight excluding hydrogens is 406 g/mol. The second-order valence-corrected chi connectivity index (χ2v) is 8.88. The van der Waals surface area contributed by atoms with Gasteiger partial charge in [-0.1, -0.05) is 29.8 Å². The van der Waals surface area contributed by atoms with Gasteiger partial charge in [0.25, 0.3) is 0 Å². The summed E-state index contributed by atoms with van der Waals surface area (Å²) >= 11 is 0. The lowest BCUT2D eigenvalue weighted by atomic mass is 9.99. The predicted octanol–water partition coefficient (Wildman–Crippen LogP) is 5.29. The Morgan fingerprint density at radius 2 is 1.73 bits per heavy atom. The lowest BCUT2D eigenvalue weighted by molar-refractivity contribution is 0.244. The number of aryl methyl sites for hydroxylation is 1. The molecule has 0 atom stereocenters. The van der Waals surface area contributed by atoms with Gasteiger partial charge in [-0.15, -0.1) is 0 Å². The zero-order valence-corrected chi connectivity index (χ0v) is 18.6. The first-order chi connectivity index (χ1) is 16.1. The highest BCUT2D eigenvalue weighted by Gasteiger charge is 2.21. The van der Waals surface area contributed by atoms with Crippen molar-refractivity contribution in [3.05, 3.63) is 95.3 Å². The van der Waals surface area contributed by atoms with Crippen LogP contribution in [0.1, 0.15) is 22.4 Å². The van der Waals surface area contributed by atoms with Crippen LogP contribution in [0.15, 0.2) is 72.9 Å². The van der Waals surface area contributed by atoms with E-state index in [2.05, 4.69) is 59.3 Å². The van der Waals surface area contributed by atoms with Gasteiger partial charge in [0.15, 0.2) is 5.82 Å². The number of hydrogen-bond donors (Lipinski definition) is 1. The molecule has 3 aromatic carbocycles. The molecule has 5 nitrogen and oxygen atoms in total. The smallest absolute Gasteiger partial charge is 0.159 e. The topological polar surface area (TPSA) is 67.9 Å². The second kappa shape index (κ2) is 7.94. The Labute approximate surface area is 192 Å². The highest BCUT2D eigenvalue weighted by atomic mass is 15.1. The van der Waals surface area contributed by atoms with Crippen LogP contribution in [0.2, 0.25) is 0 Å². The Balaban J connectivity index is 1.33. The minimum atomic E-state index is 0.749. The third-order valence-corrected chi connectivity index (χ3v) is 6.51. The van der Waals surface area contributed by atoms with E-state index in [0.29, 0.717) is 0 Å². The standard InChI is InChI=1S/C28H25N5/c1-18-6-11-27-23(14-18)24(22-4-2-3-5-26(22)31-27)17-33-13-12-25-20(16-33)15-30-28(32-25)19-7-9-21(29)10-8-19/h2-11,14-15H,12-13,16-17,29H2,1H3. The Bertz CT molecular complexity index is 1490. The molecule has 0 radical (unpaired) electrons. The summed E-state index contributed by atoms with van der Waals surface area (Å²) in [6, 6.07) is 22.8.